The summed E-state index contributed by atoms with van der Waals surface area (Å²) in [5.74, 6) is 0.0917. The third kappa shape index (κ3) is 5.84. The molecule has 2 N–H and O–H groups in total. The molecule has 3 rings (SSSR count). The van der Waals surface area contributed by atoms with Crippen molar-refractivity contribution in [3.05, 3.63) is 52.5 Å². The summed E-state index contributed by atoms with van der Waals surface area (Å²) in [6, 6.07) is 11.0. The fourth-order valence-electron chi connectivity index (χ4n) is 2.29. The van der Waals surface area contributed by atoms with Gasteiger partial charge in [-0.15, -0.1) is 0 Å². The van der Waals surface area contributed by atoms with Gasteiger partial charge in [-0.2, -0.15) is 0 Å². The molecule has 0 atom stereocenters. The molecule has 2 aromatic rings. The summed E-state index contributed by atoms with van der Waals surface area (Å²) in [6.07, 6.45) is 1.78. The van der Waals surface area contributed by atoms with E-state index in [0.29, 0.717) is 21.5 Å². The maximum Gasteiger partial charge on any atom is 0.240 e. The number of amides is 1. The third-order valence-electron chi connectivity index (χ3n) is 3.81. The van der Waals surface area contributed by atoms with Gasteiger partial charge in [0.1, 0.15) is 5.75 Å². The van der Waals surface area contributed by atoms with E-state index in [4.69, 9.17) is 27.9 Å². The lowest BCUT2D eigenvalue weighted by molar-refractivity contribution is -0.116. The van der Waals surface area contributed by atoms with Crippen LogP contribution in [0.3, 0.4) is 0 Å². The maximum atomic E-state index is 12.2. The molecule has 0 heterocycles. The summed E-state index contributed by atoms with van der Waals surface area (Å²) in [5, 5.41) is 3.55. The van der Waals surface area contributed by atoms with Crippen LogP contribution in [0.5, 0.6) is 5.75 Å². The van der Waals surface area contributed by atoms with Gasteiger partial charge in [-0.25, -0.2) is 13.1 Å². The van der Waals surface area contributed by atoms with E-state index in [1.807, 2.05) is 0 Å². The van der Waals surface area contributed by atoms with Gasteiger partial charge in [-0.1, -0.05) is 29.3 Å². The molecule has 1 aliphatic carbocycles. The van der Waals surface area contributed by atoms with E-state index >= 15 is 0 Å². The van der Waals surface area contributed by atoms with Crippen LogP contribution in [0.15, 0.2) is 47.4 Å². The van der Waals surface area contributed by atoms with Crippen LogP contribution >= 0.6 is 23.2 Å². The molecule has 0 aliphatic heterocycles. The van der Waals surface area contributed by atoms with Crippen LogP contribution in [0.2, 0.25) is 10.0 Å². The number of carbonyl (C=O) groups is 1. The molecule has 1 saturated carbocycles. The van der Waals surface area contributed by atoms with Crippen molar-refractivity contribution in [3.8, 4) is 5.75 Å². The van der Waals surface area contributed by atoms with Gasteiger partial charge in [0.2, 0.25) is 15.9 Å². The second kappa shape index (κ2) is 8.48. The van der Waals surface area contributed by atoms with E-state index < -0.39 is 10.0 Å². The van der Waals surface area contributed by atoms with Gasteiger partial charge in [0, 0.05) is 22.8 Å². The molecule has 1 amide bonds. The zero-order valence-corrected chi connectivity index (χ0v) is 16.6. The van der Waals surface area contributed by atoms with Crippen LogP contribution in [0, 0.1) is 0 Å². The highest BCUT2D eigenvalue weighted by Crippen LogP contribution is 2.28. The smallest absolute Gasteiger partial charge is 0.240 e. The van der Waals surface area contributed by atoms with Crippen molar-refractivity contribution in [2.45, 2.75) is 30.2 Å². The number of hydrogen-bond donors (Lipinski definition) is 2. The van der Waals surface area contributed by atoms with Gasteiger partial charge >= 0.3 is 0 Å². The van der Waals surface area contributed by atoms with Crippen LogP contribution in [0.4, 0.5) is 5.69 Å². The lowest BCUT2D eigenvalue weighted by Crippen LogP contribution is -2.25. The standard InChI is InChI=1S/C18H18Cl2N2O4S/c19-12-4-7-16(20)17(10-12)26-9-8-18(23)21-14-2-1-3-15(11-14)27(24,25)22-13-5-6-13/h1-4,7,10-11,13,22H,5-6,8-9H2,(H,21,23). The minimum absolute atomic E-state index is 0.0173. The molecule has 0 spiro atoms. The van der Waals surface area contributed by atoms with Crippen molar-refractivity contribution >= 4 is 44.8 Å². The van der Waals surface area contributed by atoms with Gasteiger partial charge in [-0.3, -0.25) is 4.79 Å². The van der Waals surface area contributed by atoms with Gasteiger partial charge in [0.05, 0.1) is 22.9 Å². The van der Waals surface area contributed by atoms with Crippen LogP contribution in [-0.4, -0.2) is 27.0 Å². The maximum absolute atomic E-state index is 12.2. The van der Waals surface area contributed by atoms with Crippen LogP contribution < -0.4 is 14.8 Å². The summed E-state index contributed by atoms with van der Waals surface area (Å²) >= 11 is 11.9. The van der Waals surface area contributed by atoms with Crippen molar-refractivity contribution in [2.75, 3.05) is 11.9 Å². The van der Waals surface area contributed by atoms with Gasteiger partial charge in [-0.05, 0) is 43.2 Å². The van der Waals surface area contributed by atoms with Gasteiger partial charge in [0.15, 0.2) is 0 Å². The number of anilines is 1. The molecule has 6 nitrogen and oxygen atoms in total. The van der Waals surface area contributed by atoms with E-state index in [1.165, 1.54) is 12.1 Å². The summed E-state index contributed by atoms with van der Waals surface area (Å²) in [5.41, 5.74) is 0.402. The second-order valence-corrected chi connectivity index (χ2v) is 8.70. The molecule has 2 aromatic carbocycles. The molecule has 144 valence electrons. The Hall–Kier alpha value is -1.80. The molecule has 1 fully saturated rings. The Kier molecular flexibility index (Phi) is 6.26. The van der Waals surface area contributed by atoms with E-state index in [1.54, 1.807) is 30.3 Å². The lowest BCUT2D eigenvalue weighted by Gasteiger charge is -2.10. The highest BCUT2D eigenvalue weighted by molar-refractivity contribution is 7.89. The van der Waals surface area contributed by atoms with Crippen molar-refractivity contribution in [2.24, 2.45) is 0 Å². The zero-order valence-electron chi connectivity index (χ0n) is 14.2. The first-order valence-electron chi connectivity index (χ1n) is 8.33. The first-order valence-corrected chi connectivity index (χ1v) is 10.6. The summed E-state index contributed by atoms with van der Waals surface area (Å²) in [4.78, 5) is 12.2. The number of halogens is 2. The number of carbonyl (C=O) groups excluding carboxylic acids is 1. The Bertz CT molecular complexity index is 946. The first kappa shape index (κ1) is 19.9. The Balaban J connectivity index is 1.54. The number of rotatable bonds is 8. The second-order valence-electron chi connectivity index (χ2n) is 6.14. The summed E-state index contributed by atoms with van der Waals surface area (Å²) < 4.78 is 32.6. The molecular weight excluding hydrogens is 411 g/mol. The SMILES string of the molecule is O=C(CCOc1cc(Cl)ccc1Cl)Nc1cccc(S(=O)(=O)NC2CC2)c1. The number of ether oxygens (including phenoxy) is 1. The van der Waals surface area contributed by atoms with Crippen LogP contribution in [0.1, 0.15) is 19.3 Å². The molecule has 1 aliphatic rings. The van der Waals surface area contributed by atoms with Crippen molar-refractivity contribution in [1.82, 2.24) is 4.72 Å². The van der Waals surface area contributed by atoms with Crippen LogP contribution in [-0.2, 0) is 14.8 Å². The quantitative estimate of drug-likeness (QED) is 0.668. The minimum atomic E-state index is -3.57. The first-order chi connectivity index (χ1) is 12.8. The van der Waals surface area contributed by atoms with E-state index in [9.17, 15) is 13.2 Å². The minimum Gasteiger partial charge on any atom is -0.491 e. The summed E-state index contributed by atoms with van der Waals surface area (Å²) in [6.45, 7) is 0.104. The third-order valence-corrected chi connectivity index (χ3v) is 5.87. The van der Waals surface area contributed by atoms with E-state index in [2.05, 4.69) is 10.0 Å². The summed E-state index contributed by atoms with van der Waals surface area (Å²) in [7, 11) is -3.57. The number of benzene rings is 2. The average molecular weight is 429 g/mol. The van der Waals surface area contributed by atoms with E-state index in [0.717, 1.165) is 12.8 Å². The topological polar surface area (TPSA) is 84.5 Å². The molecule has 0 saturated heterocycles. The Morgan fingerprint density at radius 2 is 1.93 bits per heavy atom. The Labute approximate surface area is 167 Å². The fraction of sp³-hybridized carbons (Fsp3) is 0.278. The molecule has 27 heavy (non-hydrogen) atoms. The Morgan fingerprint density at radius 3 is 2.67 bits per heavy atom. The predicted octanol–water partition coefficient (Wildman–Crippen LogP) is 3.84. The highest BCUT2D eigenvalue weighted by Gasteiger charge is 2.28. The Morgan fingerprint density at radius 1 is 1.15 bits per heavy atom. The average Bonchev–Trinajstić information content (AvgIpc) is 3.41. The highest BCUT2D eigenvalue weighted by atomic mass is 35.5. The normalized spacial score (nSPS) is 14.0. The molecule has 0 radical (unpaired) electrons. The monoisotopic (exact) mass is 428 g/mol. The molecular formula is C18H18Cl2N2O4S. The van der Waals surface area contributed by atoms with Gasteiger partial charge < -0.3 is 10.1 Å². The number of sulfonamides is 1. The zero-order chi connectivity index (χ0) is 19.4. The van der Waals surface area contributed by atoms with Crippen molar-refractivity contribution < 1.29 is 17.9 Å². The van der Waals surface area contributed by atoms with Crippen molar-refractivity contribution in [1.29, 1.82) is 0 Å². The largest absolute Gasteiger partial charge is 0.491 e. The number of nitrogens with one attached hydrogen (secondary N) is 2. The van der Waals surface area contributed by atoms with E-state index in [-0.39, 0.29) is 29.9 Å². The molecule has 9 heteroatoms. The molecule has 0 bridgehead atoms. The molecule has 0 aromatic heterocycles. The van der Waals surface area contributed by atoms with Crippen LogP contribution in [0.25, 0.3) is 0 Å². The lowest BCUT2D eigenvalue weighted by atomic mass is 10.3. The number of hydrogen-bond acceptors (Lipinski definition) is 4. The predicted molar refractivity (Wildman–Crippen MR) is 105 cm³/mol. The fourth-order valence-corrected chi connectivity index (χ4v) is 3.98. The van der Waals surface area contributed by atoms with Crippen molar-refractivity contribution in [3.63, 3.8) is 0 Å². The molecule has 0 unspecified atom stereocenters. The van der Waals surface area contributed by atoms with Gasteiger partial charge in [0.25, 0.3) is 0 Å².